The van der Waals surface area contributed by atoms with E-state index in [0.29, 0.717) is 6.04 Å². The molecule has 3 atom stereocenters. The predicted octanol–water partition coefficient (Wildman–Crippen LogP) is 3.05. The fraction of sp³-hybridized carbons (Fsp3) is 0.647. The normalized spacial score (nSPS) is 28.5. The molecule has 2 nitrogen and oxygen atoms in total. The Hall–Kier alpha value is -0.860. The van der Waals surface area contributed by atoms with E-state index >= 15 is 0 Å². The van der Waals surface area contributed by atoms with Gasteiger partial charge in [-0.15, -0.1) is 0 Å². The lowest BCUT2D eigenvalue weighted by atomic mass is 9.86. The topological polar surface area (TPSA) is 29.3 Å². The number of hydrogen-bond donors (Lipinski definition) is 1. The molecule has 1 saturated heterocycles. The predicted molar refractivity (Wildman–Crippen MR) is 82.0 cm³/mol. The zero-order valence-electron chi connectivity index (χ0n) is 12.6. The van der Waals surface area contributed by atoms with Crippen LogP contribution in [0, 0.1) is 11.8 Å². The largest absolute Gasteiger partial charge is 0.330 e. The molecule has 0 aromatic heterocycles. The molecule has 3 unspecified atom stereocenters. The first-order valence-corrected chi connectivity index (χ1v) is 7.62. The quantitative estimate of drug-likeness (QED) is 0.901. The van der Waals surface area contributed by atoms with Crippen LogP contribution >= 0.6 is 0 Å². The summed E-state index contributed by atoms with van der Waals surface area (Å²) in [7, 11) is 0. The second-order valence-electron chi connectivity index (χ2n) is 6.34. The van der Waals surface area contributed by atoms with E-state index in [2.05, 4.69) is 49.9 Å². The Morgan fingerprint density at radius 2 is 1.74 bits per heavy atom. The minimum Gasteiger partial charge on any atom is -0.330 e. The number of piperidine rings is 1. The molecular formula is C17H28N2. The zero-order chi connectivity index (χ0) is 13.8. The van der Waals surface area contributed by atoms with Gasteiger partial charge >= 0.3 is 0 Å². The summed E-state index contributed by atoms with van der Waals surface area (Å²) in [5, 5.41) is 0. The first-order valence-electron chi connectivity index (χ1n) is 7.62. The minimum absolute atomic E-state index is 0.694. The molecule has 0 spiro atoms. The number of nitrogens with two attached hydrogens (primary N) is 1. The van der Waals surface area contributed by atoms with Crippen molar-refractivity contribution in [3.05, 3.63) is 35.4 Å². The van der Waals surface area contributed by atoms with Crippen LogP contribution in [-0.2, 0) is 13.0 Å². The van der Waals surface area contributed by atoms with Crippen LogP contribution < -0.4 is 5.73 Å². The molecule has 0 aliphatic carbocycles. The summed E-state index contributed by atoms with van der Waals surface area (Å²) in [6.45, 7) is 10.2. The molecule has 1 aromatic rings. The Morgan fingerprint density at radius 3 is 2.37 bits per heavy atom. The van der Waals surface area contributed by atoms with E-state index in [4.69, 9.17) is 5.73 Å². The lowest BCUT2D eigenvalue weighted by Crippen LogP contribution is -2.45. The summed E-state index contributed by atoms with van der Waals surface area (Å²) in [5.74, 6) is 1.63. The van der Waals surface area contributed by atoms with E-state index in [1.54, 1.807) is 0 Å². The van der Waals surface area contributed by atoms with E-state index in [9.17, 15) is 0 Å². The van der Waals surface area contributed by atoms with Crippen molar-refractivity contribution in [2.75, 3.05) is 13.1 Å². The molecule has 1 aliphatic rings. The maximum Gasteiger partial charge on any atom is 0.0236 e. The summed E-state index contributed by atoms with van der Waals surface area (Å²) >= 11 is 0. The van der Waals surface area contributed by atoms with Crippen LogP contribution in [-0.4, -0.2) is 24.0 Å². The third kappa shape index (κ3) is 3.80. The highest BCUT2D eigenvalue weighted by Crippen LogP contribution is 2.28. The number of likely N-dealkylation sites (tertiary alicyclic amines) is 1. The van der Waals surface area contributed by atoms with Crippen molar-refractivity contribution in [1.82, 2.24) is 4.90 Å². The van der Waals surface area contributed by atoms with Gasteiger partial charge in [0.15, 0.2) is 0 Å². The number of rotatable bonds is 4. The van der Waals surface area contributed by atoms with Crippen molar-refractivity contribution >= 4 is 0 Å². The van der Waals surface area contributed by atoms with Gasteiger partial charge in [0.05, 0.1) is 0 Å². The van der Waals surface area contributed by atoms with Gasteiger partial charge in [0.2, 0.25) is 0 Å². The molecule has 1 aliphatic heterocycles. The van der Waals surface area contributed by atoms with E-state index in [-0.39, 0.29) is 0 Å². The highest BCUT2D eigenvalue weighted by atomic mass is 15.2. The van der Waals surface area contributed by atoms with Gasteiger partial charge in [-0.25, -0.2) is 0 Å². The highest BCUT2D eigenvalue weighted by Gasteiger charge is 2.28. The van der Waals surface area contributed by atoms with E-state index in [0.717, 1.165) is 31.3 Å². The molecule has 1 aromatic carbocycles. The molecule has 0 radical (unpaired) electrons. The van der Waals surface area contributed by atoms with Crippen molar-refractivity contribution in [3.63, 3.8) is 0 Å². The molecule has 1 heterocycles. The molecule has 2 N–H and O–H groups in total. The minimum atomic E-state index is 0.694. The molecule has 0 amide bonds. The Labute approximate surface area is 118 Å². The summed E-state index contributed by atoms with van der Waals surface area (Å²) in [4.78, 5) is 2.64. The third-order valence-corrected chi connectivity index (χ3v) is 4.56. The van der Waals surface area contributed by atoms with Gasteiger partial charge in [0.1, 0.15) is 0 Å². The molecule has 2 rings (SSSR count). The van der Waals surface area contributed by atoms with Gasteiger partial charge in [0.25, 0.3) is 0 Å². The Balaban J connectivity index is 1.99. The molecule has 0 saturated carbocycles. The summed E-state index contributed by atoms with van der Waals surface area (Å²) in [6.07, 6.45) is 2.35. The van der Waals surface area contributed by atoms with Crippen LogP contribution in [0.15, 0.2) is 24.3 Å². The SMILES string of the molecule is CC1CC(C)C(C)N(Cc2ccc(CCN)cc2)C1. The van der Waals surface area contributed by atoms with Gasteiger partial charge < -0.3 is 5.73 Å². The maximum atomic E-state index is 5.59. The fourth-order valence-electron chi connectivity index (χ4n) is 3.25. The van der Waals surface area contributed by atoms with Crippen molar-refractivity contribution in [1.29, 1.82) is 0 Å². The van der Waals surface area contributed by atoms with Crippen LogP contribution in [0.1, 0.15) is 38.3 Å². The molecule has 106 valence electrons. The van der Waals surface area contributed by atoms with Crippen molar-refractivity contribution in [3.8, 4) is 0 Å². The average Bonchev–Trinajstić information content (AvgIpc) is 2.38. The Bertz CT molecular complexity index is 385. The number of hydrogen-bond acceptors (Lipinski definition) is 2. The van der Waals surface area contributed by atoms with Crippen LogP contribution in [0.3, 0.4) is 0 Å². The Morgan fingerprint density at radius 1 is 1.11 bits per heavy atom. The monoisotopic (exact) mass is 260 g/mol. The summed E-state index contributed by atoms with van der Waals surface area (Å²) < 4.78 is 0. The van der Waals surface area contributed by atoms with Gasteiger partial charge in [-0.05, 0) is 49.3 Å². The molecule has 19 heavy (non-hydrogen) atoms. The van der Waals surface area contributed by atoms with Crippen LogP contribution in [0.25, 0.3) is 0 Å². The van der Waals surface area contributed by atoms with Crippen LogP contribution in [0.2, 0.25) is 0 Å². The second-order valence-corrected chi connectivity index (χ2v) is 6.34. The van der Waals surface area contributed by atoms with E-state index in [1.807, 2.05) is 0 Å². The van der Waals surface area contributed by atoms with Crippen LogP contribution in [0.4, 0.5) is 0 Å². The molecule has 0 bridgehead atoms. The Kier molecular flexibility index (Phi) is 5.00. The van der Waals surface area contributed by atoms with Crippen molar-refractivity contribution < 1.29 is 0 Å². The smallest absolute Gasteiger partial charge is 0.0236 e. The third-order valence-electron chi connectivity index (χ3n) is 4.56. The maximum absolute atomic E-state index is 5.59. The summed E-state index contributed by atoms with van der Waals surface area (Å²) in [6, 6.07) is 9.68. The molecule has 1 fully saturated rings. The first kappa shape index (κ1) is 14.5. The lowest BCUT2D eigenvalue weighted by molar-refractivity contribution is 0.0729. The van der Waals surface area contributed by atoms with E-state index in [1.165, 1.54) is 24.1 Å². The number of benzene rings is 1. The van der Waals surface area contributed by atoms with E-state index < -0.39 is 0 Å². The lowest BCUT2D eigenvalue weighted by Gasteiger charge is -2.41. The fourth-order valence-corrected chi connectivity index (χ4v) is 3.25. The van der Waals surface area contributed by atoms with Crippen LogP contribution in [0.5, 0.6) is 0 Å². The number of nitrogens with zero attached hydrogens (tertiary/aromatic N) is 1. The standard InChI is InChI=1S/C17H28N2/c1-13-10-14(2)15(3)19(11-13)12-17-6-4-16(5-7-17)8-9-18/h4-7,13-15H,8-12,18H2,1-3H3. The van der Waals surface area contributed by atoms with Gasteiger partial charge in [-0.1, -0.05) is 38.1 Å². The van der Waals surface area contributed by atoms with Gasteiger partial charge in [0, 0.05) is 19.1 Å². The van der Waals surface area contributed by atoms with Crippen molar-refractivity contribution in [2.45, 2.75) is 46.2 Å². The zero-order valence-corrected chi connectivity index (χ0v) is 12.6. The molecule has 2 heteroatoms. The molecular weight excluding hydrogens is 232 g/mol. The summed E-state index contributed by atoms with van der Waals surface area (Å²) in [5.41, 5.74) is 8.36. The van der Waals surface area contributed by atoms with Gasteiger partial charge in [-0.3, -0.25) is 4.90 Å². The first-order chi connectivity index (χ1) is 9.10. The van der Waals surface area contributed by atoms with Gasteiger partial charge in [-0.2, -0.15) is 0 Å². The average molecular weight is 260 g/mol. The van der Waals surface area contributed by atoms with Crippen molar-refractivity contribution in [2.24, 2.45) is 17.6 Å². The highest BCUT2D eigenvalue weighted by molar-refractivity contribution is 5.22. The second kappa shape index (κ2) is 6.53.